The molecule has 6 heteroatoms. The largest absolute Gasteiger partial charge is 0.480 e. The molecule has 0 spiro atoms. The summed E-state index contributed by atoms with van der Waals surface area (Å²) in [5.74, 6) is 0.139. The number of aryl methyl sites for hydroxylation is 1. The third-order valence-corrected chi connectivity index (χ3v) is 8.41. The highest BCUT2D eigenvalue weighted by molar-refractivity contribution is 7.98. The van der Waals surface area contributed by atoms with Crippen molar-refractivity contribution in [2.45, 2.75) is 90.1 Å². The minimum absolute atomic E-state index is 0.330. The van der Waals surface area contributed by atoms with E-state index in [0.29, 0.717) is 23.8 Å². The first-order valence-electron chi connectivity index (χ1n) is 14.4. The number of rotatable bonds is 15. The smallest absolute Gasteiger partial charge is 0.326 e. The lowest BCUT2D eigenvalue weighted by Gasteiger charge is -2.28. The number of nitrogens with one attached hydrogen (secondary N) is 2. The van der Waals surface area contributed by atoms with Crippen molar-refractivity contribution in [2.24, 2.45) is 5.92 Å². The van der Waals surface area contributed by atoms with Gasteiger partial charge in [0.05, 0.1) is 0 Å². The molecule has 1 unspecified atom stereocenters. The zero-order chi connectivity index (χ0) is 27.3. The van der Waals surface area contributed by atoms with E-state index < -0.39 is 12.0 Å². The number of thioether (sulfide) groups is 1. The summed E-state index contributed by atoms with van der Waals surface area (Å²) in [5.41, 5.74) is 4.72. The monoisotopic (exact) mass is 538 g/mol. The Morgan fingerprint density at radius 1 is 1.08 bits per heavy atom. The predicted molar refractivity (Wildman–Crippen MR) is 160 cm³/mol. The molecule has 0 aliphatic heterocycles. The van der Waals surface area contributed by atoms with Gasteiger partial charge in [-0.25, -0.2) is 4.79 Å². The van der Waals surface area contributed by atoms with E-state index in [1.54, 1.807) is 11.8 Å². The van der Waals surface area contributed by atoms with Crippen LogP contribution in [0.25, 0.3) is 11.1 Å². The molecule has 1 aliphatic carbocycles. The fourth-order valence-corrected chi connectivity index (χ4v) is 6.05. The van der Waals surface area contributed by atoms with Crippen LogP contribution in [0.5, 0.6) is 0 Å². The third-order valence-electron chi connectivity index (χ3n) is 7.77. The summed E-state index contributed by atoms with van der Waals surface area (Å²) in [7, 11) is 0. The third kappa shape index (κ3) is 9.16. The van der Waals surface area contributed by atoms with Crippen LogP contribution in [0.3, 0.4) is 0 Å². The predicted octanol–water partition coefficient (Wildman–Crippen LogP) is 6.87. The molecular formula is C32H46N2O3S. The Kier molecular flexibility index (Phi) is 12.7. The van der Waals surface area contributed by atoms with E-state index in [1.807, 2.05) is 30.5 Å². The zero-order valence-corrected chi connectivity index (χ0v) is 24.2. The van der Waals surface area contributed by atoms with E-state index in [2.05, 4.69) is 42.7 Å². The number of hydrogen-bond acceptors (Lipinski definition) is 4. The number of carboxylic acids is 1. The molecular weight excluding hydrogens is 492 g/mol. The molecule has 2 aromatic rings. The van der Waals surface area contributed by atoms with Gasteiger partial charge in [-0.1, -0.05) is 81.8 Å². The number of amides is 1. The summed E-state index contributed by atoms with van der Waals surface area (Å²) in [6.07, 6.45) is 13.5. The maximum atomic E-state index is 13.4. The van der Waals surface area contributed by atoms with Crippen LogP contribution in [-0.2, 0) is 11.2 Å². The summed E-state index contributed by atoms with van der Waals surface area (Å²) in [4.78, 5) is 25.2. The van der Waals surface area contributed by atoms with Crippen LogP contribution in [0.1, 0.15) is 86.2 Å². The minimum atomic E-state index is -0.995. The molecule has 2 aromatic carbocycles. The molecule has 0 radical (unpaired) electrons. The topological polar surface area (TPSA) is 78.4 Å². The van der Waals surface area contributed by atoms with Crippen molar-refractivity contribution < 1.29 is 14.7 Å². The SMILES string of the molecule is CCCCNC(Cc1ccc(C(=O)N[C@@H](CCSC)C(=O)O)c(-c2ccccc2C)c1)CC1CCCCC1. The van der Waals surface area contributed by atoms with Gasteiger partial charge in [0.25, 0.3) is 5.91 Å². The van der Waals surface area contributed by atoms with Crippen LogP contribution >= 0.6 is 11.8 Å². The molecule has 1 amide bonds. The second-order valence-electron chi connectivity index (χ2n) is 10.8. The number of hydrogen-bond donors (Lipinski definition) is 3. The van der Waals surface area contributed by atoms with Crippen molar-refractivity contribution in [2.75, 3.05) is 18.6 Å². The molecule has 1 fully saturated rings. The average molecular weight is 539 g/mol. The van der Waals surface area contributed by atoms with Crippen molar-refractivity contribution in [1.82, 2.24) is 10.6 Å². The van der Waals surface area contributed by atoms with Crippen LogP contribution < -0.4 is 10.6 Å². The van der Waals surface area contributed by atoms with Gasteiger partial charge in [-0.3, -0.25) is 4.79 Å². The van der Waals surface area contributed by atoms with E-state index in [-0.39, 0.29) is 5.91 Å². The molecule has 2 atom stereocenters. The van der Waals surface area contributed by atoms with E-state index in [0.717, 1.165) is 35.6 Å². The lowest BCUT2D eigenvalue weighted by atomic mass is 9.83. The first kappa shape index (κ1) is 30.2. The first-order chi connectivity index (χ1) is 18.4. The fourth-order valence-electron chi connectivity index (χ4n) is 5.57. The van der Waals surface area contributed by atoms with Gasteiger partial charge in [-0.2, -0.15) is 11.8 Å². The van der Waals surface area contributed by atoms with Crippen molar-refractivity contribution in [3.05, 3.63) is 59.2 Å². The Balaban J connectivity index is 1.89. The number of benzene rings is 2. The van der Waals surface area contributed by atoms with Crippen LogP contribution in [0.4, 0.5) is 0 Å². The quantitative estimate of drug-likeness (QED) is 0.216. The maximum Gasteiger partial charge on any atom is 0.326 e. The molecule has 5 nitrogen and oxygen atoms in total. The Labute approximate surface area is 233 Å². The van der Waals surface area contributed by atoms with Crippen molar-refractivity contribution >= 4 is 23.6 Å². The summed E-state index contributed by atoms with van der Waals surface area (Å²) >= 11 is 1.58. The van der Waals surface area contributed by atoms with Crippen LogP contribution in [0.2, 0.25) is 0 Å². The highest BCUT2D eigenvalue weighted by Gasteiger charge is 2.24. The average Bonchev–Trinajstić information content (AvgIpc) is 2.91. The van der Waals surface area contributed by atoms with Crippen LogP contribution in [0, 0.1) is 12.8 Å². The highest BCUT2D eigenvalue weighted by atomic mass is 32.2. The van der Waals surface area contributed by atoms with Gasteiger partial charge in [0.15, 0.2) is 0 Å². The second-order valence-corrected chi connectivity index (χ2v) is 11.8. The Morgan fingerprint density at radius 3 is 2.53 bits per heavy atom. The molecule has 3 N–H and O–H groups in total. The molecule has 38 heavy (non-hydrogen) atoms. The number of carbonyl (C=O) groups is 2. The summed E-state index contributed by atoms with van der Waals surface area (Å²) in [6, 6.07) is 13.7. The number of carboxylic acid groups (broad SMARTS) is 1. The molecule has 0 saturated heterocycles. The van der Waals surface area contributed by atoms with Crippen LogP contribution in [-0.4, -0.2) is 47.6 Å². The minimum Gasteiger partial charge on any atom is -0.480 e. The van der Waals surface area contributed by atoms with Crippen molar-refractivity contribution in [1.29, 1.82) is 0 Å². The van der Waals surface area contributed by atoms with Gasteiger partial charge < -0.3 is 15.7 Å². The Hall–Kier alpha value is -2.31. The molecule has 0 heterocycles. The normalized spacial score (nSPS) is 15.7. The van der Waals surface area contributed by atoms with Gasteiger partial charge in [-0.15, -0.1) is 0 Å². The second kappa shape index (κ2) is 15.9. The molecule has 3 rings (SSSR count). The van der Waals surface area contributed by atoms with Crippen molar-refractivity contribution in [3.8, 4) is 11.1 Å². The van der Waals surface area contributed by atoms with Gasteiger partial charge in [0.1, 0.15) is 6.04 Å². The van der Waals surface area contributed by atoms with Gasteiger partial charge in [-0.05, 0) is 85.4 Å². The van der Waals surface area contributed by atoms with Crippen LogP contribution in [0.15, 0.2) is 42.5 Å². The Bertz CT molecular complexity index is 1040. The van der Waals surface area contributed by atoms with E-state index in [1.165, 1.54) is 56.9 Å². The number of unbranched alkanes of at least 4 members (excludes halogenated alkanes) is 1. The first-order valence-corrected chi connectivity index (χ1v) is 15.8. The molecule has 0 bridgehead atoms. The van der Waals surface area contributed by atoms with Gasteiger partial charge in [0, 0.05) is 11.6 Å². The summed E-state index contributed by atoms with van der Waals surface area (Å²) in [5, 5.41) is 16.3. The fraction of sp³-hybridized carbons (Fsp3) is 0.562. The lowest BCUT2D eigenvalue weighted by Crippen LogP contribution is -2.41. The van der Waals surface area contributed by atoms with E-state index in [4.69, 9.17) is 0 Å². The standard InChI is InChI=1S/C32H46N2O3S/c1-4-5-18-33-26(20-24-12-7-6-8-13-24)21-25-15-16-28(29(22-25)27-14-10-9-11-23(27)2)31(35)34-30(32(36)37)17-19-38-3/h9-11,14-16,22,24,26,30,33H,4-8,12-13,17-21H2,1-3H3,(H,34,35)(H,36,37)/t26?,30-/m0/s1. The molecule has 208 valence electrons. The van der Waals surface area contributed by atoms with Gasteiger partial charge in [0.2, 0.25) is 0 Å². The zero-order valence-electron chi connectivity index (χ0n) is 23.4. The number of carbonyl (C=O) groups excluding carboxylic acids is 1. The van der Waals surface area contributed by atoms with Crippen molar-refractivity contribution in [3.63, 3.8) is 0 Å². The van der Waals surface area contributed by atoms with Gasteiger partial charge >= 0.3 is 5.97 Å². The Morgan fingerprint density at radius 2 is 1.84 bits per heavy atom. The van der Waals surface area contributed by atoms with E-state index >= 15 is 0 Å². The van der Waals surface area contributed by atoms with E-state index in [9.17, 15) is 14.7 Å². The molecule has 1 aliphatic rings. The highest BCUT2D eigenvalue weighted by Crippen LogP contribution is 2.31. The summed E-state index contributed by atoms with van der Waals surface area (Å²) in [6.45, 7) is 5.32. The summed E-state index contributed by atoms with van der Waals surface area (Å²) < 4.78 is 0. The molecule has 0 aromatic heterocycles. The lowest BCUT2D eigenvalue weighted by molar-refractivity contribution is -0.139. The molecule has 1 saturated carbocycles. The number of aliphatic carboxylic acids is 1. The maximum absolute atomic E-state index is 13.4.